The van der Waals surface area contributed by atoms with E-state index in [2.05, 4.69) is 5.32 Å². The summed E-state index contributed by atoms with van der Waals surface area (Å²) >= 11 is 0. The first-order valence-corrected chi connectivity index (χ1v) is 5.17. The Labute approximate surface area is 95.3 Å². The molecule has 0 aliphatic heterocycles. The van der Waals surface area contributed by atoms with Gasteiger partial charge in [-0.15, -0.1) is 0 Å². The van der Waals surface area contributed by atoms with Crippen LogP contribution in [0.5, 0.6) is 0 Å². The van der Waals surface area contributed by atoms with Crippen LogP contribution in [-0.4, -0.2) is 31.4 Å². The Kier molecular flexibility index (Phi) is 4.43. The lowest BCUT2D eigenvalue weighted by Crippen LogP contribution is -2.33. The third kappa shape index (κ3) is 3.62. The predicted molar refractivity (Wildman–Crippen MR) is 61.5 cm³/mol. The second kappa shape index (κ2) is 5.61. The van der Waals surface area contributed by atoms with Gasteiger partial charge in [0.25, 0.3) is 0 Å². The number of benzene rings is 1. The summed E-state index contributed by atoms with van der Waals surface area (Å²) < 4.78 is 13.1. The Bertz CT molecular complexity index is 366. The summed E-state index contributed by atoms with van der Waals surface area (Å²) in [7, 11) is 3.80. The predicted octanol–water partition coefficient (Wildman–Crippen LogP) is 1.56. The Morgan fingerprint density at radius 1 is 1.50 bits per heavy atom. The van der Waals surface area contributed by atoms with Crippen LogP contribution in [0.15, 0.2) is 24.3 Å². The van der Waals surface area contributed by atoms with Crippen LogP contribution in [0.1, 0.15) is 18.5 Å². The van der Waals surface area contributed by atoms with Gasteiger partial charge in [0.1, 0.15) is 5.82 Å². The van der Waals surface area contributed by atoms with Gasteiger partial charge in [0.05, 0.1) is 6.04 Å². The molecule has 4 heteroatoms. The molecule has 0 radical (unpaired) electrons. The Hall–Kier alpha value is -1.42. The lowest BCUT2D eigenvalue weighted by Gasteiger charge is -2.24. The molecule has 0 aliphatic rings. The number of amides is 1. The smallest absolute Gasteiger partial charge is 0.216 e. The van der Waals surface area contributed by atoms with Gasteiger partial charge in [-0.2, -0.15) is 0 Å². The molecule has 88 valence electrons. The first kappa shape index (κ1) is 12.6. The number of nitrogens with one attached hydrogen (secondary N) is 1. The molecule has 0 fully saturated rings. The van der Waals surface area contributed by atoms with Gasteiger partial charge in [-0.1, -0.05) is 12.1 Å². The highest BCUT2D eigenvalue weighted by atomic mass is 19.1. The van der Waals surface area contributed by atoms with Crippen molar-refractivity contribution >= 4 is 5.91 Å². The second-order valence-electron chi connectivity index (χ2n) is 3.97. The van der Waals surface area contributed by atoms with E-state index in [4.69, 9.17) is 0 Å². The number of hydrogen-bond donors (Lipinski definition) is 1. The minimum atomic E-state index is -0.257. The van der Waals surface area contributed by atoms with Crippen LogP contribution in [-0.2, 0) is 4.79 Å². The molecule has 3 nitrogen and oxygen atoms in total. The Balaban J connectivity index is 2.81. The quantitative estimate of drug-likeness (QED) is 0.842. The average molecular weight is 224 g/mol. The van der Waals surface area contributed by atoms with Crippen molar-refractivity contribution in [2.24, 2.45) is 0 Å². The fraction of sp³-hybridized carbons (Fsp3) is 0.417. The van der Waals surface area contributed by atoms with Crippen LogP contribution in [0.25, 0.3) is 0 Å². The largest absolute Gasteiger partial charge is 0.354 e. The van der Waals surface area contributed by atoms with Crippen molar-refractivity contribution in [3.05, 3.63) is 35.6 Å². The van der Waals surface area contributed by atoms with Crippen molar-refractivity contribution in [1.29, 1.82) is 0 Å². The third-order valence-corrected chi connectivity index (χ3v) is 2.40. The van der Waals surface area contributed by atoms with Crippen LogP contribution in [0.3, 0.4) is 0 Å². The Morgan fingerprint density at radius 3 is 2.69 bits per heavy atom. The third-order valence-electron chi connectivity index (χ3n) is 2.40. The number of halogens is 1. The topological polar surface area (TPSA) is 32.3 Å². The molecule has 1 unspecified atom stereocenters. The second-order valence-corrected chi connectivity index (χ2v) is 3.97. The van der Waals surface area contributed by atoms with Crippen molar-refractivity contribution < 1.29 is 9.18 Å². The average Bonchev–Trinajstić information content (AvgIpc) is 2.17. The van der Waals surface area contributed by atoms with Gasteiger partial charge in [-0.05, 0) is 31.8 Å². The van der Waals surface area contributed by atoms with Gasteiger partial charge < -0.3 is 10.2 Å². The number of carbonyl (C=O) groups is 1. The van der Waals surface area contributed by atoms with Crippen molar-refractivity contribution in [2.75, 3.05) is 20.6 Å². The van der Waals surface area contributed by atoms with Gasteiger partial charge >= 0.3 is 0 Å². The van der Waals surface area contributed by atoms with Crippen LogP contribution >= 0.6 is 0 Å². The summed E-state index contributed by atoms with van der Waals surface area (Å²) in [6.07, 6.45) is 0. The van der Waals surface area contributed by atoms with Crippen molar-refractivity contribution in [3.8, 4) is 0 Å². The normalized spacial score (nSPS) is 12.6. The lowest BCUT2D eigenvalue weighted by atomic mass is 10.1. The summed E-state index contributed by atoms with van der Waals surface area (Å²) in [4.78, 5) is 12.8. The molecule has 0 aromatic heterocycles. The highest BCUT2D eigenvalue weighted by molar-refractivity contribution is 5.72. The SMILES string of the molecule is CC(=O)NCC(c1cccc(F)c1)N(C)C. The van der Waals surface area contributed by atoms with Crippen molar-refractivity contribution in [1.82, 2.24) is 10.2 Å². The van der Waals surface area contributed by atoms with E-state index >= 15 is 0 Å². The molecule has 1 atom stereocenters. The summed E-state index contributed by atoms with van der Waals surface area (Å²) in [5.74, 6) is -0.338. The van der Waals surface area contributed by atoms with Crippen LogP contribution in [0, 0.1) is 5.82 Å². The molecular formula is C12H17FN2O. The number of rotatable bonds is 4. The maximum Gasteiger partial charge on any atom is 0.216 e. The van der Waals surface area contributed by atoms with Gasteiger partial charge in [-0.25, -0.2) is 4.39 Å². The van der Waals surface area contributed by atoms with Gasteiger partial charge in [0, 0.05) is 13.5 Å². The number of carbonyl (C=O) groups excluding carboxylic acids is 1. The minimum absolute atomic E-state index is 0.0143. The number of hydrogen-bond acceptors (Lipinski definition) is 2. The maximum atomic E-state index is 13.1. The molecule has 0 spiro atoms. The van der Waals surface area contributed by atoms with E-state index in [-0.39, 0.29) is 17.8 Å². The summed E-state index contributed by atoms with van der Waals surface area (Å²) in [6, 6.07) is 6.42. The van der Waals surface area contributed by atoms with Crippen molar-refractivity contribution in [2.45, 2.75) is 13.0 Å². The molecular weight excluding hydrogens is 207 g/mol. The fourth-order valence-corrected chi connectivity index (χ4v) is 1.55. The standard InChI is InChI=1S/C12H17FN2O/c1-9(16)14-8-12(15(2)3)10-5-4-6-11(13)7-10/h4-7,12H,8H2,1-3H3,(H,14,16). The van der Waals surface area contributed by atoms with E-state index in [9.17, 15) is 9.18 Å². The molecule has 0 bridgehead atoms. The minimum Gasteiger partial charge on any atom is -0.354 e. The lowest BCUT2D eigenvalue weighted by molar-refractivity contribution is -0.119. The summed E-state index contributed by atoms with van der Waals surface area (Å²) in [6.45, 7) is 1.95. The number of nitrogens with zero attached hydrogens (tertiary/aromatic N) is 1. The molecule has 1 N–H and O–H groups in total. The first-order chi connectivity index (χ1) is 7.50. The van der Waals surface area contributed by atoms with Crippen LogP contribution in [0.2, 0.25) is 0 Å². The van der Waals surface area contributed by atoms with E-state index in [0.29, 0.717) is 6.54 Å². The summed E-state index contributed by atoms with van der Waals surface area (Å²) in [5, 5.41) is 2.74. The van der Waals surface area contributed by atoms with E-state index < -0.39 is 0 Å². The first-order valence-electron chi connectivity index (χ1n) is 5.17. The van der Waals surface area contributed by atoms with E-state index in [1.165, 1.54) is 19.1 Å². The highest BCUT2D eigenvalue weighted by Gasteiger charge is 2.14. The zero-order valence-corrected chi connectivity index (χ0v) is 9.83. The van der Waals surface area contributed by atoms with Crippen molar-refractivity contribution in [3.63, 3.8) is 0 Å². The molecule has 1 aromatic carbocycles. The molecule has 1 rings (SSSR count). The van der Waals surface area contributed by atoms with E-state index in [1.807, 2.05) is 25.1 Å². The van der Waals surface area contributed by atoms with Gasteiger partial charge in [-0.3, -0.25) is 4.79 Å². The van der Waals surface area contributed by atoms with Crippen LogP contribution < -0.4 is 5.32 Å². The molecule has 16 heavy (non-hydrogen) atoms. The zero-order chi connectivity index (χ0) is 12.1. The molecule has 1 amide bonds. The molecule has 1 aromatic rings. The van der Waals surface area contributed by atoms with Gasteiger partial charge in [0.15, 0.2) is 0 Å². The zero-order valence-electron chi connectivity index (χ0n) is 9.83. The fourth-order valence-electron chi connectivity index (χ4n) is 1.55. The monoisotopic (exact) mass is 224 g/mol. The van der Waals surface area contributed by atoms with Crippen LogP contribution in [0.4, 0.5) is 4.39 Å². The van der Waals surface area contributed by atoms with E-state index in [0.717, 1.165) is 5.56 Å². The molecule has 0 aliphatic carbocycles. The maximum absolute atomic E-state index is 13.1. The summed E-state index contributed by atoms with van der Waals surface area (Å²) in [5.41, 5.74) is 0.860. The molecule has 0 saturated heterocycles. The van der Waals surface area contributed by atoms with Gasteiger partial charge in [0.2, 0.25) is 5.91 Å². The molecule has 0 heterocycles. The molecule has 0 saturated carbocycles. The van der Waals surface area contributed by atoms with E-state index in [1.54, 1.807) is 6.07 Å². The Morgan fingerprint density at radius 2 is 2.19 bits per heavy atom. The highest BCUT2D eigenvalue weighted by Crippen LogP contribution is 2.18. The number of likely N-dealkylation sites (N-methyl/N-ethyl adjacent to an activating group) is 1.